The lowest BCUT2D eigenvalue weighted by atomic mass is 9.84. The van der Waals surface area contributed by atoms with Crippen LogP contribution in [0.15, 0.2) is 36.0 Å². The van der Waals surface area contributed by atoms with Crippen LogP contribution in [0.2, 0.25) is 0 Å². The normalized spacial score (nSPS) is 29.9. The molecule has 0 spiro atoms. The Morgan fingerprint density at radius 3 is 2.45 bits per heavy atom. The van der Waals surface area contributed by atoms with Crippen LogP contribution in [0.4, 0.5) is 0 Å². The van der Waals surface area contributed by atoms with E-state index in [0.29, 0.717) is 52.2 Å². The number of esters is 1. The number of aliphatic hydroxyl groups is 1. The van der Waals surface area contributed by atoms with Crippen LogP contribution in [0.25, 0.3) is 0 Å². The zero-order valence-corrected chi connectivity index (χ0v) is 30.2. The van der Waals surface area contributed by atoms with Gasteiger partial charge in [-0.25, -0.2) is 0 Å². The van der Waals surface area contributed by atoms with Crippen LogP contribution in [0.5, 0.6) is 0 Å². The summed E-state index contributed by atoms with van der Waals surface area (Å²) in [6.07, 6.45) is 8.97. The Bertz CT molecular complexity index is 1140. The van der Waals surface area contributed by atoms with Crippen molar-refractivity contribution in [3.63, 3.8) is 0 Å². The number of carbonyl (C=O) groups excluding carboxylic acids is 4. The number of allylic oxidation sites excluding steroid dienone is 2. The SMILES string of the molecule is CO[C@@]1(C)C[C@@H](CC(=O)NCCOCCOCCC=O)O[C@H](/C=C/C(C)=C/C[C@@H]2OC(C)C(NC(=O)/C=C\[C@H](C)OC(C)=O)C[C@@H]2C)[C@H]1O. The molecule has 3 N–H and O–H groups in total. The second-order valence-electron chi connectivity index (χ2n) is 13.0. The van der Waals surface area contributed by atoms with Gasteiger partial charge in [0.1, 0.15) is 24.6 Å². The first kappa shape index (κ1) is 42.2. The van der Waals surface area contributed by atoms with Crippen LogP contribution in [0.1, 0.15) is 73.6 Å². The first-order chi connectivity index (χ1) is 23.3. The van der Waals surface area contributed by atoms with Gasteiger partial charge in [-0.15, -0.1) is 0 Å². The Labute approximate surface area is 291 Å². The zero-order chi connectivity index (χ0) is 36.4. The van der Waals surface area contributed by atoms with Gasteiger partial charge in [0, 0.05) is 39.5 Å². The van der Waals surface area contributed by atoms with Crippen LogP contribution in [0, 0.1) is 5.92 Å². The van der Waals surface area contributed by atoms with Gasteiger partial charge in [-0.3, -0.25) is 14.4 Å². The molecule has 0 aliphatic carbocycles. The van der Waals surface area contributed by atoms with Gasteiger partial charge in [-0.2, -0.15) is 0 Å². The molecule has 13 heteroatoms. The minimum atomic E-state index is -0.933. The van der Waals surface area contributed by atoms with Crippen LogP contribution >= 0.6 is 0 Å². The van der Waals surface area contributed by atoms with Crippen LogP contribution in [-0.4, -0.2) is 118 Å². The van der Waals surface area contributed by atoms with Crippen LogP contribution < -0.4 is 10.6 Å². The number of aliphatic hydroxyl groups excluding tert-OH is 1. The van der Waals surface area contributed by atoms with Gasteiger partial charge in [0.25, 0.3) is 0 Å². The van der Waals surface area contributed by atoms with Gasteiger partial charge >= 0.3 is 5.97 Å². The number of aldehydes is 1. The topological polar surface area (TPSA) is 168 Å². The summed E-state index contributed by atoms with van der Waals surface area (Å²) in [5.74, 6) is -0.664. The second kappa shape index (κ2) is 22.0. The molecule has 2 unspecified atom stereocenters. The van der Waals surface area contributed by atoms with E-state index in [1.165, 1.54) is 13.0 Å². The maximum Gasteiger partial charge on any atom is 0.303 e. The highest BCUT2D eigenvalue weighted by Gasteiger charge is 2.46. The molecule has 0 saturated carbocycles. The third-order valence-corrected chi connectivity index (χ3v) is 8.75. The predicted octanol–water partition coefficient (Wildman–Crippen LogP) is 2.74. The van der Waals surface area contributed by atoms with Crippen molar-refractivity contribution in [1.82, 2.24) is 10.6 Å². The summed E-state index contributed by atoms with van der Waals surface area (Å²) in [4.78, 5) is 46.4. The summed E-state index contributed by atoms with van der Waals surface area (Å²) in [5, 5.41) is 16.9. The van der Waals surface area contributed by atoms with E-state index in [9.17, 15) is 24.3 Å². The first-order valence-electron chi connectivity index (χ1n) is 17.2. The average molecular weight is 695 g/mol. The molecular weight excluding hydrogens is 636 g/mol. The molecule has 13 nitrogen and oxygen atoms in total. The van der Waals surface area contributed by atoms with Crippen molar-refractivity contribution in [2.24, 2.45) is 5.92 Å². The molecular formula is C36H58N2O11. The number of carbonyl (C=O) groups is 4. The third kappa shape index (κ3) is 15.7. The fraction of sp³-hybridized carbons (Fsp3) is 0.722. The molecule has 49 heavy (non-hydrogen) atoms. The predicted molar refractivity (Wildman–Crippen MR) is 183 cm³/mol. The molecule has 0 bridgehead atoms. The fourth-order valence-corrected chi connectivity index (χ4v) is 5.82. The van der Waals surface area contributed by atoms with Crippen LogP contribution in [0.3, 0.4) is 0 Å². The second-order valence-corrected chi connectivity index (χ2v) is 13.0. The maximum atomic E-state index is 12.6. The molecule has 278 valence electrons. The highest BCUT2D eigenvalue weighted by atomic mass is 16.6. The molecule has 0 aromatic rings. The highest BCUT2D eigenvalue weighted by molar-refractivity contribution is 5.87. The standard InChI is InChI=1S/C36H58N2O11/c1-24(9-12-31-25(2)21-30(27(4)48-31)38-33(41)14-11-26(3)47-28(5)40)10-13-32-35(43)36(6,44-7)23-29(49-32)22-34(42)37-15-18-46-20-19-45-17-8-16-39/h9-11,13-14,16,25-27,29-32,35,43H,8,12,15,17-23H2,1-7H3,(H,37,42)(H,38,41)/b13-10+,14-11-,24-9+/t25-,26-,27?,29+,30?,31-,32+,35+,36-/m0/s1. The number of hydrogen-bond acceptors (Lipinski definition) is 11. The summed E-state index contributed by atoms with van der Waals surface area (Å²) in [6, 6.07) is -0.147. The van der Waals surface area contributed by atoms with Crippen molar-refractivity contribution in [3.05, 3.63) is 36.0 Å². The summed E-state index contributed by atoms with van der Waals surface area (Å²) >= 11 is 0. The van der Waals surface area contributed by atoms with Crippen molar-refractivity contribution in [2.45, 2.75) is 122 Å². The van der Waals surface area contributed by atoms with E-state index in [0.717, 1.165) is 18.3 Å². The van der Waals surface area contributed by atoms with E-state index in [2.05, 4.69) is 23.6 Å². The quantitative estimate of drug-likeness (QED) is 0.0564. The third-order valence-electron chi connectivity index (χ3n) is 8.75. The smallest absolute Gasteiger partial charge is 0.303 e. The van der Waals surface area contributed by atoms with Crippen molar-refractivity contribution in [3.8, 4) is 0 Å². The van der Waals surface area contributed by atoms with Gasteiger partial charge in [0.2, 0.25) is 11.8 Å². The van der Waals surface area contributed by atoms with E-state index in [-0.39, 0.29) is 42.4 Å². The lowest BCUT2D eigenvalue weighted by Crippen LogP contribution is -2.56. The van der Waals surface area contributed by atoms with E-state index >= 15 is 0 Å². The minimum Gasteiger partial charge on any atom is -0.459 e. The van der Waals surface area contributed by atoms with Gasteiger partial charge < -0.3 is 49.0 Å². The van der Waals surface area contributed by atoms with E-state index in [1.807, 2.05) is 26.8 Å². The number of nitrogens with one attached hydrogen (secondary N) is 2. The Kier molecular flexibility index (Phi) is 19.0. The first-order valence-corrected chi connectivity index (χ1v) is 17.2. The number of hydrogen-bond donors (Lipinski definition) is 3. The highest BCUT2D eigenvalue weighted by Crippen LogP contribution is 2.34. The monoisotopic (exact) mass is 694 g/mol. The Morgan fingerprint density at radius 1 is 1.06 bits per heavy atom. The fourth-order valence-electron chi connectivity index (χ4n) is 5.82. The van der Waals surface area contributed by atoms with Crippen molar-refractivity contribution >= 4 is 24.1 Å². The number of methoxy groups -OCH3 is 1. The molecule has 0 aromatic carbocycles. The summed E-state index contributed by atoms with van der Waals surface area (Å²) < 4.78 is 33.8. The summed E-state index contributed by atoms with van der Waals surface area (Å²) in [6.45, 7) is 12.6. The van der Waals surface area contributed by atoms with Gasteiger partial charge in [-0.1, -0.05) is 30.7 Å². The minimum absolute atomic E-state index is 0.0330. The van der Waals surface area contributed by atoms with Crippen molar-refractivity contribution < 1.29 is 52.7 Å². The molecule has 2 amide bonds. The summed E-state index contributed by atoms with van der Waals surface area (Å²) in [7, 11) is 1.54. The molecule has 9 atom stereocenters. The number of rotatable bonds is 20. The zero-order valence-electron chi connectivity index (χ0n) is 30.2. The lowest BCUT2D eigenvalue weighted by Gasteiger charge is -2.44. The molecule has 2 aliphatic heterocycles. The van der Waals surface area contributed by atoms with Crippen LogP contribution in [-0.2, 0) is 47.6 Å². The number of ether oxygens (including phenoxy) is 6. The molecule has 0 radical (unpaired) electrons. The van der Waals surface area contributed by atoms with Gasteiger partial charge in [-0.05, 0) is 52.5 Å². The molecule has 2 saturated heterocycles. The Balaban J connectivity index is 1.85. The molecule has 0 aromatic heterocycles. The van der Waals surface area contributed by atoms with E-state index in [4.69, 9.17) is 28.4 Å². The lowest BCUT2D eigenvalue weighted by molar-refractivity contribution is -0.207. The molecule has 2 aliphatic rings. The molecule has 2 fully saturated rings. The number of amides is 2. The Morgan fingerprint density at radius 2 is 1.78 bits per heavy atom. The van der Waals surface area contributed by atoms with Gasteiger partial charge in [0.15, 0.2) is 0 Å². The van der Waals surface area contributed by atoms with E-state index < -0.39 is 36.0 Å². The largest absolute Gasteiger partial charge is 0.459 e. The van der Waals surface area contributed by atoms with E-state index in [1.54, 1.807) is 26.2 Å². The maximum absolute atomic E-state index is 12.6. The average Bonchev–Trinajstić information content (AvgIpc) is 3.04. The molecule has 2 rings (SSSR count). The molecule has 2 heterocycles. The van der Waals surface area contributed by atoms with Gasteiger partial charge in [0.05, 0.1) is 62.8 Å². The van der Waals surface area contributed by atoms with Crippen molar-refractivity contribution in [1.29, 1.82) is 0 Å². The van der Waals surface area contributed by atoms with Crippen molar-refractivity contribution in [2.75, 3.05) is 40.1 Å². The Hall–Kier alpha value is -2.94. The summed E-state index contributed by atoms with van der Waals surface area (Å²) in [5.41, 5.74) is 0.0712.